The molecular formula is C18H17F6N3O. The molecular weight excluding hydrogens is 388 g/mol. The number of anilines is 1. The average Bonchev–Trinajstić information content (AvgIpc) is 2.58. The predicted molar refractivity (Wildman–Crippen MR) is 91.4 cm³/mol. The van der Waals surface area contributed by atoms with Gasteiger partial charge in [0.2, 0.25) is 0 Å². The number of hydrogen-bond acceptors (Lipinski definition) is 3. The highest BCUT2D eigenvalue weighted by atomic mass is 19.4. The standard InChI is InChI=1S/C18H17F6N3O/c1-11-7-9-13(10-8-11)15(28)25-16(17(19,20)21,18(22,23)24)27-26-14-6-4-3-5-12(14)2/h3-10,26-27H,1-2H3,(H,25,28). The van der Waals surface area contributed by atoms with E-state index in [1.54, 1.807) is 13.0 Å². The van der Waals surface area contributed by atoms with Gasteiger partial charge >= 0.3 is 18.0 Å². The first-order valence-corrected chi connectivity index (χ1v) is 7.99. The number of carbonyl (C=O) groups is 1. The zero-order valence-corrected chi connectivity index (χ0v) is 14.8. The fourth-order valence-corrected chi connectivity index (χ4v) is 2.30. The van der Waals surface area contributed by atoms with E-state index < -0.39 is 23.9 Å². The lowest BCUT2D eigenvalue weighted by molar-refractivity contribution is -0.312. The van der Waals surface area contributed by atoms with E-state index in [9.17, 15) is 31.1 Å². The summed E-state index contributed by atoms with van der Waals surface area (Å²) in [6.07, 6.45) is -11.8. The normalized spacial score (nSPS) is 12.6. The van der Waals surface area contributed by atoms with Crippen LogP contribution in [0.4, 0.5) is 32.0 Å². The minimum atomic E-state index is -5.90. The number of nitrogens with one attached hydrogen (secondary N) is 3. The number of halogens is 6. The number of rotatable bonds is 5. The maximum atomic E-state index is 13.6. The zero-order chi connectivity index (χ0) is 21.2. The fourth-order valence-electron chi connectivity index (χ4n) is 2.30. The van der Waals surface area contributed by atoms with E-state index in [0.717, 1.165) is 17.4 Å². The topological polar surface area (TPSA) is 53.2 Å². The maximum Gasteiger partial charge on any atom is 0.436 e. The monoisotopic (exact) mass is 405 g/mol. The van der Waals surface area contributed by atoms with Gasteiger partial charge in [0.1, 0.15) is 0 Å². The Bertz CT molecular complexity index is 816. The third-order valence-corrected chi connectivity index (χ3v) is 3.99. The van der Waals surface area contributed by atoms with Gasteiger partial charge in [0.15, 0.2) is 0 Å². The number of aryl methyl sites for hydroxylation is 2. The van der Waals surface area contributed by atoms with Gasteiger partial charge in [0, 0.05) is 5.56 Å². The minimum Gasteiger partial charge on any atom is -0.319 e. The van der Waals surface area contributed by atoms with Gasteiger partial charge in [-0.25, -0.2) is 0 Å². The molecule has 0 aromatic heterocycles. The van der Waals surface area contributed by atoms with Gasteiger partial charge < -0.3 is 10.7 Å². The van der Waals surface area contributed by atoms with E-state index in [-0.39, 0.29) is 11.3 Å². The van der Waals surface area contributed by atoms with Gasteiger partial charge in [0.25, 0.3) is 5.91 Å². The maximum absolute atomic E-state index is 13.6. The van der Waals surface area contributed by atoms with Crippen molar-refractivity contribution in [3.63, 3.8) is 0 Å². The molecule has 0 fully saturated rings. The van der Waals surface area contributed by atoms with Crippen LogP contribution in [0.5, 0.6) is 0 Å². The third kappa shape index (κ3) is 4.38. The molecule has 0 heterocycles. The average molecular weight is 405 g/mol. The molecule has 2 aromatic rings. The van der Waals surface area contributed by atoms with Crippen LogP contribution in [-0.2, 0) is 0 Å². The summed E-state index contributed by atoms with van der Waals surface area (Å²) in [7, 11) is 0. The van der Waals surface area contributed by atoms with Crippen LogP contribution in [0.25, 0.3) is 0 Å². The molecule has 0 unspecified atom stereocenters. The zero-order valence-electron chi connectivity index (χ0n) is 14.8. The summed E-state index contributed by atoms with van der Waals surface area (Å²) >= 11 is 0. The Morgan fingerprint density at radius 3 is 1.86 bits per heavy atom. The van der Waals surface area contributed by atoms with Crippen molar-refractivity contribution >= 4 is 11.6 Å². The molecule has 0 spiro atoms. The van der Waals surface area contributed by atoms with E-state index in [0.29, 0.717) is 11.1 Å². The summed E-state index contributed by atoms with van der Waals surface area (Å²) in [6.45, 7) is 3.16. The van der Waals surface area contributed by atoms with Gasteiger partial charge in [0.05, 0.1) is 5.69 Å². The second kappa shape index (κ2) is 7.70. The third-order valence-electron chi connectivity index (χ3n) is 3.99. The van der Waals surface area contributed by atoms with Crippen LogP contribution in [0.1, 0.15) is 21.5 Å². The SMILES string of the molecule is Cc1ccc(C(=O)NC(NNc2ccccc2C)(C(F)(F)F)C(F)(F)F)cc1. The minimum absolute atomic E-state index is 0.00930. The number of hydrazine groups is 1. The smallest absolute Gasteiger partial charge is 0.319 e. The first-order chi connectivity index (χ1) is 12.9. The summed E-state index contributed by atoms with van der Waals surface area (Å²) in [5.74, 6) is -1.53. The van der Waals surface area contributed by atoms with E-state index >= 15 is 0 Å². The van der Waals surface area contributed by atoms with Crippen LogP contribution >= 0.6 is 0 Å². The summed E-state index contributed by atoms with van der Waals surface area (Å²) in [5, 5.41) is 1.07. The molecule has 1 amide bonds. The predicted octanol–water partition coefficient (Wildman–Crippen LogP) is 4.47. The van der Waals surface area contributed by atoms with Crippen molar-refractivity contribution in [3.8, 4) is 0 Å². The van der Waals surface area contributed by atoms with Crippen LogP contribution in [0.2, 0.25) is 0 Å². The largest absolute Gasteiger partial charge is 0.436 e. The highest BCUT2D eigenvalue weighted by molar-refractivity contribution is 5.94. The van der Waals surface area contributed by atoms with Crippen molar-refractivity contribution < 1.29 is 31.1 Å². The number of carbonyl (C=O) groups excluding carboxylic acids is 1. The summed E-state index contributed by atoms with van der Waals surface area (Å²) < 4.78 is 81.5. The van der Waals surface area contributed by atoms with Crippen molar-refractivity contribution in [3.05, 3.63) is 65.2 Å². The van der Waals surface area contributed by atoms with Crippen LogP contribution in [0, 0.1) is 13.8 Å². The lowest BCUT2D eigenvalue weighted by Crippen LogP contribution is -2.76. The van der Waals surface area contributed by atoms with Crippen molar-refractivity contribution in [1.29, 1.82) is 0 Å². The molecule has 28 heavy (non-hydrogen) atoms. The second-order valence-corrected chi connectivity index (χ2v) is 6.13. The molecule has 3 N–H and O–H groups in total. The van der Waals surface area contributed by atoms with Crippen LogP contribution in [0.3, 0.4) is 0 Å². The van der Waals surface area contributed by atoms with Crippen LogP contribution in [-0.4, -0.2) is 23.9 Å². The highest BCUT2D eigenvalue weighted by Gasteiger charge is 2.72. The van der Waals surface area contributed by atoms with Crippen molar-refractivity contribution in [1.82, 2.24) is 10.7 Å². The lowest BCUT2D eigenvalue weighted by Gasteiger charge is -2.38. The molecule has 0 bridgehead atoms. The molecule has 2 rings (SSSR count). The molecule has 152 valence electrons. The molecule has 0 atom stereocenters. The van der Waals surface area contributed by atoms with Crippen LogP contribution < -0.4 is 16.2 Å². The number of para-hydroxylation sites is 1. The van der Waals surface area contributed by atoms with Gasteiger partial charge in [-0.2, -0.15) is 31.8 Å². The Hall–Kier alpha value is -2.75. The van der Waals surface area contributed by atoms with E-state index in [4.69, 9.17) is 0 Å². The Balaban J connectivity index is 2.41. The van der Waals surface area contributed by atoms with Gasteiger partial charge in [-0.15, -0.1) is 0 Å². The molecule has 0 saturated carbocycles. The number of hydrogen-bond donors (Lipinski definition) is 3. The summed E-state index contributed by atoms with van der Waals surface area (Å²) in [4.78, 5) is 12.2. The van der Waals surface area contributed by atoms with Crippen molar-refractivity contribution in [2.75, 3.05) is 5.43 Å². The van der Waals surface area contributed by atoms with Crippen LogP contribution in [0.15, 0.2) is 48.5 Å². The first-order valence-electron chi connectivity index (χ1n) is 7.99. The lowest BCUT2D eigenvalue weighted by atomic mass is 10.1. The molecule has 0 aliphatic rings. The fraction of sp³-hybridized carbons (Fsp3) is 0.278. The Kier molecular flexibility index (Phi) is 5.93. The summed E-state index contributed by atoms with van der Waals surface area (Å²) in [5.41, 5.74) is -0.805. The van der Waals surface area contributed by atoms with E-state index in [1.165, 1.54) is 42.7 Å². The van der Waals surface area contributed by atoms with E-state index in [2.05, 4.69) is 0 Å². The molecule has 0 radical (unpaired) electrons. The van der Waals surface area contributed by atoms with Gasteiger partial charge in [-0.1, -0.05) is 35.9 Å². The molecule has 2 aromatic carbocycles. The first kappa shape index (κ1) is 21.5. The van der Waals surface area contributed by atoms with Gasteiger partial charge in [-0.3, -0.25) is 4.79 Å². The molecule has 4 nitrogen and oxygen atoms in total. The number of amides is 1. The molecule has 10 heteroatoms. The summed E-state index contributed by atoms with van der Waals surface area (Å²) in [6, 6.07) is 10.9. The Morgan fingerprint density at radius 2 is 1.36 bits per heavy atom. The Labute approximate surface area is 156 Å². The number of alkyl halides is 6. The molecule has 0 aliphatic heterocycles. The Morgan fingerprint density at radius 1 is 0.821 bits per heavy atom. The van der Waals surface area contributed by atoms with E-state index in [1.807, 2.05) is 5.43 Å². The highest BCUT2D eigenvalue weighted by Crippen LogP contribution is 2.41. The number of benzene rings is 2. The molecule has 0 aliphatic carbocycles. The molecule has 0 saturated heterocycles. The quantitative estimate of drug-likeness (QED) is 0.391. The van der Waals surface area contributed by atoms with Crippen molar-refractivity contribution in [2.45, 2.75) is 31.9 Å². The van der Waals surface area contributed by atoms with Crippen molar-refractivity contribution in [2.24, 2.45) is 0 Å². The second-order valence-electron chi connectivity index (χ2n) is 6.13. The van der Waals surface area contributed by atoms with Gasteiger partial charge in [-0.05, 0) is 37.6 Å².